The van der Waals surface area contributed by atoms with Crippen molar-refractivity contribution in [3.8, 4) is 17.2 Å². The number of oxazole rings is 1. The summed E-state index contributed by atoms with van der Waals surface area (Å²) in [4.78, 5) is 8.92. The molecule has 3 aromatic carbocycles. The van der Waals surface area contributed by atoms with E-state index in [2.05, 4.69) is 25.9 Å². The Morgan fingerprint density at radius 1 is 1.08 bits per heavy atom. The SMILES string of the molecule is Oc1ccc(Br)cc1C=Nc1cccc(-c2nc3cc(Cl)ccc3o2)c1. The van der Waals surface area contributed by atoms with Gasteiger partial charge in [-0.2, -0.15) is 0 Å². The summed E-state index contributed by atoms with van der Waals surface area (Å²) in [5.41, 5.74) is 3.55. The highest BCUT2D eigenvalue weighted by Gasteiger charge is 2.09. The number of hydrogen-bond acceptors (Lipinski definition) is 4. The number of phenols is 1. The summed E-state index contributed by atoms with van der Waals surface area (Å²) in [6.07, 6.45) is 1.62. The fraction of sp³-hybridized carbons (Fsp3) is 0. The summed E-state index contributed by atoms with van der Waals surface area (Å²) in [6.45, 7) is 0. The number of halogens is 2. The molecule has 0 amide bonds. The lowest BCUT2D eigenvalue weighted by molar-refractivity contribution is 0.474. The monoisotopic (exact) mass is 426 g/mol. The van der Waals surface area contributed by atoms with Gasteiger partial charge in [0, 0.05) is 26.8 Å². The Bertz CT molecular complexity index is 1140. The van der Waals surface area contributed by atoms with Crippen molar-refractivity contribution in [1.82, 2.24) is 4.98 Å². The predicted octanol–water partition coefficient (Wildman–Crippen LogP) is 6.37. The fourth-order valence-corrected chi connectivity index (χ4v) is 3.06. The van der Waals surface area contributed by atoms with Gasteiger partial charge < -0.3 is 9.52 Å². The van der Waals surface area contributed by atoms with E-state index in [1.807, 2.05) is 24.3 Å². The summed E-state index contributed by atoms with van der Waals surface area (Å²) >= 11 is 9.38. The molecule has 26 heavy (non-hydrogen) atoms. The lowest BCUT2D eigenvalue weighted by Crippen LogP contribution is -1.82. The Kier molecular flexibility index (Phi) is 4.49. The average molecular weight is 428 g/mol. The van der Waals surface area contributed by atoms with Crippen LogP contribution >= 0.6 is 27.5 Å². The van der Waals surface area contributed by atoms with Crippen LogP contribution in [0.2, 0.25) is 5.02 Å². The van der Waals surface area contributed by atoms with E-state index in [0.29, 0.717) is 27.6 Å². The molecule has 1 aromatic heterocycles. The second kappa shape index (κ2) is 6.94. The van der Waals surface area contributed by atoms with Crippen molar-refractivity contribution < 1.29 is 9.52 Å². The maximum Gasteiger partial charge on any atom is 0.227 e. The molecule has 1 heterocycles. The number of aromatic nitrogens is 1. The zero-order valence-electron chi connectivity index (χ0n) is 13.4. The Labute approximate surface area is 162 Å². The lowest BCUT2D eigenvalue weighted by Gasteiger charge is -2.00. The molecule has 0 saturated carbocycles. The predicted molar refractivity (Wildman–Crippen MR) is 108 cm³/mol. The van der Waals surface area contributed by atoms with Gasteiger partial charge in [-0.15, -0.1) is 0 Å². The lowest BCUT2D eigenvalue weighted by atomic mass is 10.2. The van der Waals surface area contributed by atoms with E-state index in [9.17, 15) is 5.11 Å². The minimum absolute atomic E-state index is 0.170. The zero-order chi connectivity index (χ0) is 18.1. The molecule has 0 fully saturated rings. The van der Waals surface area contributed by atoms with Crippen molar-refractivity contribution in [2.24, 2.45) is 4.99 Å². The number of phenolic OH excluding ortho intramolecular Hbond substituents is 1. The van der Waals surface area contributed by atoms with E-state index >= 15 is 0 Å². The van der Waals surface area contributed by atoms with Crippen molar-refractivity contribution in [3.63, 3.8) is 0 Å². The molecule has 4 nitrogen and oxygen atoms in total. The van der Waals surface area contributed by atoms with Crippen LogP contribution in [0.5, 0.6) is 5.75 Å². The van der Waals surface area contributed by atoms with E-state index in [1.54, 1.807) is 42.6 Å². The van der Waals surface area contributed by atoms with Gasteiger partial charge in [0.15, 0.2) is 5.58 Å². The molecule has 1 N–H and O–H groups in total. The van der Waals surface area contributed by atoms with Crippen LogP contribution in [-0.4, -0.2) is 16.3 Å². The number of nitrogens with zero attached hydrogens (tertiary/aromatic N) is 2. The first-order valence-electron chi connectivity index (χ1n) is 7.77. The van der Waals surface area contributed by atoms with E-state index in [4.69, 9.17) is 16.0 Å². The molecule has 0 atom stereocenters. The Hall–Kier alpha value is -2.63. The van der Waals surface area contributed by atoms with Gasteiger partial charge in [0.2, 0.25) is 5.89 Å². The minimum Gasteiger partial charge on any atom is -0.507 e. The summed E-state index contributed by atoms with van der Waals surface area (Å²) in [6, 6.07) is 18.0. The van der Waals surface area contributed by atoms with Crippen molar-refractivity contribution in [2.45, 2.75) is 0 Å². The van der Waals surface area contributed by atoms with E-state index < -0.39 is 0 Å². The first kappa shape index (κ1) is 16.8. The van der Waals surface area contributed by atoms with Crippen LogP contribution in [0.15, 0.2) is 74.5 Å². The van der Waals surface area contributed by atoms with Crippen LogP contribution in [0, 0.1) is 0 Å². The third kappa shape index (κ3) is 3.49. The van der Waals surface area contributed by atoms with Gasteiger partial charge in [0.05, 0.1) is 5.69 Å². The molecule has 6 heteroatoms. The molecule has 4 rings (SSSR count). The highest BCUT2D eigenvalue weighted by molar-refractivity contribution is 9.10. The highest BCUT2D eigenvalue weighted by atomic mass is 79.9. The topological polar surface area (TPSA) is 58.6 Å². The van der Waals surface area contributed by atoms with Gasteiger partial charge in [0.25, 0.3) is 0 Å². The molecule has 0 spiro atoms. The minimum atomic E-state index is 0.170. The van der Waals surface area contributed by atoms with Crippen LogP contribution < -0.4 is 0 Å². The zero-order valence-corrected chi connectivity index (χ0v) is 15.7. The Morgan fingerprint density at radius 3 is 2.85 bits per heavy atom. The molecule has 0 aliphatic rings. The van der Waals surface area contributed by atoms with Crippen LogP contribution in [0.25, 0.3) is 22.6 Å². The summed E-state index contributed by atoms with van der Waals surface area (Å²) in [5.74, 6) is 0.675. The number of aliphatic imine (C=N–C) groups is 1. The largest absolute Gasteiger partial charge is 0.507 e. The van der Waals surface area contributed by atoms with Crippen LogP contribution in [0.1, 0.15) is 5.56 Å². The molecule has 128 valence electrons. The maximum atomic E-state index is 9.90. The summed E-state index contributed by atoms with van der Waals surface area (Å²) < 4.78 is 6.66. The number of benzene rings is 3. The first-order chi connectivity index (χ1) is 12.6. The third-order valence-electron chi connectivity index (χ3n) is 3.79. The summed E-state index contributed by atoms with van der Waals surface area (Å²) in [5, 5.41) is 10.5. The van der Waals surface area contributed by atoms with Gasteiger partial charge >= 0.3 is 0 Å². The van der Waals surface area contributed by atoms with Crippen molar-refractivity contribution in [1.29, 1.82) is 0 Å². The third-order valence-corrected chi connectivity index (χ3v) is 4.51. The fourth-order valence-electron chi connectivity index (χ4n) is 2.52. The molecular formula is C20H12BrClN2O2. The van der Waals surface area contributed by atoms with E-state index in [-0.39, 0.29) is 5.75 Å². The maximum absolute atomic E-state index is 9.90. The molecule has 4 aromatic rings. The van der Waals surface area contributed by atoms with E-state index in [0.717, 1.165) is 15.7 Å². The molecule has 0 radical (unpaired) electrons. The van der Waals surface area contributed by atoms with Gasteiger partial charge in [-0.1, -0.05) is 33.6 Å². The van der Waals surface area contributed by atoms with Crippen LogP contribution in [0.3, 0.4) is 0 Å². The van der Waals surface area contributed by atoms with E-state index in [1.165, 1.54) is 0 Å². The van der Waals surface area contributed by atoms with Gasteiger partial charge in [-0.25, -0.2) is 4.98 Å². The number of fused-ring (bicyclic) bond motifs is 1. The van der Waals surface area contributed by atoms with Gasteiger partial charge in [0.1, 0.15) is 11.3 Å². The average Bonchev–Trinajstić information content (AvgIpc) is 3.06. The second-order valence-electron chi connectivity index (χ2n) is 5.64. The molecule has 0 bridgehead atoms. The van der Waals surface area contributed by atoms with Crippen molar-refractivity contribution >= 4 is 50.5 Å². The standard InChI is InChI=1S/C20H12BrClN2O2/c21-14-4-6-18(25)13(8-14)11-23-16-3-1-2-12(9-16)20-24-17-10-15(22)5-7-19(17)26-20/h1-11,25H. The first-order valence-corrected chi connectivity index (χ1v) is 8.95. The van der Waals surface area contributed by atoms with Crippen LogP contribution in [0.4, 0.5) is 5.69 Å². The quantitative estimate of drug-likeness (QED) is 0.387. The Morgan fingerprint density at radius 2 is 1.96 bits per heavy atom. The van der Waals surface area contributed by atoms with Crippen LogP contribution in [-0.2, 0) is 0 Å². The molecule has 0 aliphatic heterocycles. The van der Waals surface area contributed by atoms with Gasteiger partial charge in [-0.05, 0) is 54.6 Å². The normalized spacial score (nSPS) is 11.5. The summed E-state index contributed by atoms with van der Waals surface area (Å²) in [7, 11) is 0. The van der Waals surface area contributed by atoms with Crippen molar-refractivity contribution in [2.75, 3.05) is 0 Å². The molecular weight excluding hydrogens is 416 g/mol. The van der Waals surface area contributed by atoms with Gasteiger partial charge in [-0.3, -0.25) is 4.99 Å². The highest BCUT2D eigenvalue weighted by Crippen LogP contribution is 2.28. The molecule has 0 saturated heterocycles. The number of rotatable bonds is 3. The smallest absolute Gasteiger partial charge is 0.227 e. The number of aromatic hydroxyl groups is 1. The molecule has 0 aliphatic carbocycles. The Balaban J connectivity index is 1.67. The van der Waals surface area contributed by atoms with Crippen molar-refractivity contribution in [3.05, 3.63) is 75.7 Å². The molecule has 0 unspecified atom stereocenters. The second-order valence-corrected chi connectivity index (χ2v) is 6.99. The number of hydrogen-bond donors (Lipinski definition) is 1.